The first kappa shape index (κ1) is 9.31. The number of benzene rings is 1. The molecule has 1 aromatic carbocycles. The van der Waals surface area contributed by atoms with E-state index in [1.54, 1.807) is 10.8 Å². The summed E-state index contributed by atoms with van der Waals surface area (Å²) in [5, 5.41) is 2.48. The van der Waals surface area contributed by atoms with Crippen LogP contribution in [0.2, 0.25) is 0 Å². The Bertz CT molecular complexity index is 329. The largest absolute Gasteiger partial charge is 0.0826 e. The highest BCUT2D eigenvalue weighted by molar-refractivity contribution is 8.78. The Kier molecular flexibility index (Phi) is 3.09. The maximum atomic E-state index is 5.39. The van der Waals surface area contributed by atoms with Crippen molar-refractivity contribution in [2.24, 2.45) is 0 Å². The van der Waals surface area contributed by atoms with E-state index in [1.807, 2.05) is 29.0 Å². The molecule has 0 N–H and O–H groups in total. The maximum absolute atomic E-state index is 5.39. The van der Waals surface area contributed by atoms with Crippen LogP contribution in [0.1, 0.15) is 5.56 Å². The van der Waals surface area contributed by atoms with Gasteiger partial charge in [-0.25, -0.2) is 0 Å². The van der Waals surface area contributed by atoms with Crippen LogP contribution < -0.4 is 0 Å². The van der Waals surface area contributed by atoms with E-state index < -0.39 is 0 Å². The van der Waals surface area contributed by atoms with Crippen molar-refractivity contribution in [2.75, 3.05) is 0 Å². The second-order valence-corrected chi connectivity index (χ2v) is 5.43. The Labute approximate surface area is 91.2 Å². The Morgan fingerprint density at radius 2 is 2.00 bits per heavy atom. The van der Waals surface area contributed by atoms with Crippen molar-refractivity contribution in [1.29, 1.82) is 0 Å². The monoisotopic (exact) mass is 224 g/mol. The van der Waals surface area contributed by atoms with Crippen LogP contribution in [0.25, 0.3) is 0 Å². The topological polar surface area (TPSA) is 0 Å². The first-order valence-electron chi connectivity index (χ1n) is 3.96. The molecule has 0 nitrogen and oxygen atoms in total. The van der Waals surface area contributed by atoms with Crippen LogP contribution in [-0.2, 0) is 0 Å². The summed E-state index contributed by atoms with van der Waals surface area (Å²) in [6.07, 6.45) is 2.16. The lowest BCUT2D eigenvalue weighted by molar-refractivity contribution is 1.54. The van der Waals surface area contributed by atoms with E-state index in [0.29, 0.717) is 5.25 Å². The van der Waals surface area contributed by atoms with Crippen molar-refractivity contribution in [3.63, 3.8) is 0 Å². The third kappa shape index (κ3) is 2.16. The highest BCUT2D eigenvalue weighted by Gasteiger charge is 2.16. The van der Waals surface area contributed by atoms with E-state index in [0.717, 1.165) is 4.86 Å². The molecule has 0 aliphatic carbocycles. The fourth-order valence-corrected chi connectivity index (χ4v) is 3.76. The van der Waals surface area contributed by atoms with Gasteiger partial charge in [-0.05, 0) is 11.0 Å². The molecule has 0 saturated carbocycles. The molecule has 0 aromatic heterocycles. The molecule has 66 valence electrons. The van der Waals surface area contributed by atoms with E-state index in [1.165, 1.54) is 5.56 Å². The predicted molar refractivity (Wildman–Crippen MR) is 66.3 cm³/mol. The van der Waals surface area contributed by atoms with Crippen LogP contribution in [0, 0.1) is 0 Å². The summed E-state index contributed by atoms with van der Waals surface area (Å²) in [6.45, 7) is 0. The van der Waals surface area contributed by atoms with Gasteiger partial charge in [0, 0.05) is 4.86 Å². The summed E-state index contributed by atoms with van der Waals surface area (Å²) in [5.74, 6) is 0. The van der Waals surface area contributed by atoms with Crippen molar-refractivity contribution < 1.29 is 0 Å². The molecule has 1 aliphatic heterocycles. The van der Waals surface area contributed by atoms with Crippen molar-refractivity contribution in [3.8, 4) is 0 Å². The molecule has 1 heterocycles. The van der Waals surface area contributed by atoms with Gasteiger partial charge in [0.2, 0.25) is 0 Å². The van der Waals surface area contributed by atoms with Crippen molar-refractivity contribution in [3.05, 3.63) is 47.4 Å². The van der Waals surface area contributed by atoms with Crippen LogP contribution >= 0.6 is 33.8 Å². The van der Waals surface area contributed by atoms with Crippen LogP contribution in [0.3, 0.4) is 0 Å². The minimum atomic E-state index is 0.377. The molecule has 0 fully saturated rings. The van der Waals surface area contributed by atoms with Gasteiger partial charge < -0.3 is 0 Å². The maximum Gasteiger partial charge on any atom is 0.0700 e. The van der Waals surface area contributed by atoms with Gasteiger partial charge in [0.15, 0.2) is 0 Å². The quantitative estimate of drug-likeness (QED) is 0.427. The lowest BCUT2D eigenvalue weighted by Crippen LogP contribution is -2.10. The van der Waals surface area contributed by atoms with Gasteiger partial charge in [-0.2, -0.15) is 0 Å². The van der Waals surface area contributed by atoms with Crippen molar-refractivity contribution in [2.45, 2.75) is 5.25 Å². The molecule has 0 bridgehead atoms. The minimum absolute atomic E-state index is 0.377. The fraction of sp³-hybridized carbons (Fsp3) is 0.100. The van der Waals surface area contributed by atoms with E-state index in [2.05, 4.69) is 23.6 Å². The average molecular weight is 224 g/mol. The minimum Gasteiger partial charge on any atom is -0.0826 e. The zero-order chi connectivity index (χ0) is 9.10. The number of thiocarbonyl (C=S) groups is 1. The van der Waals surface area contributed by atoms with Gasteiger partial charge in [-0.1, -0.05) is 70.2 Å². The summed E-state index contributed by atoms with van der Waals surface area (Å²) in [6, 6.07) is 10.2. The molecule has 0 amide bonds. The van der Waals surface area contributed by atoms with E-state index >= 15 is 0 Å². The molecule has 3 heteroatoms. The third-order valence-corrected chi connectivity index (χ3v) is 4.69. The van der Waals surface area contributed by atoms with E-state index in [4.69, 9.17) is 12.2 Å². The first-order chi connectivity index (χ1) is 6.38. The zero-order valence-electron chi connectivity index (χ0n) is 6.84. The SMILES string of the molecule is S=C(c1ccccc1)C1C=CSS1. The molecule has 1 aromatic rings. The molecule has 13 heavy (non-hydrogen) atoms. The average Bonchev–Trinajstić information content (AvgIpc) is 2.71. The van der Waals surface area contributed by atoms with Gasteiger partial charge in [0.05, 0.1) is 5.25 Å². The highest BCUT2D eigenvalue weighted by Crippen LogP contribution is 2.37. The van der Waals surface area contributed by atoms with Crippen molar-refractivity contribution in [1.82, 2.24) is 0 Å². The number of hydrogen-bond acceptors (Lipinski definition) is 3. The van der Waals surface area contributed by atoms with E-state index in [9.17, 15) is 0 Å². The summed E-state index contributed by atoms with van der Waals surface area (Å²) < 4.78 is 0. The van der Waals surface area contributed by atoms with Crippen LogP contribution in [0.15, 0.2) is 41.8 Å². The second kappa shape index (κ2) is 4.31. The van der Waals surface area contributed by atoms with Crippen molar-refractivity contribution >= 4 is 38.7 Å². The fourth-order valence-electron chi connectivity index (χ4n) is 1.13. The Hall–Kier alpha value is -0.250. The second-order valence-electron chi connectivity index (χ2n) is 2.67. The molecule has 1 aliphatic rings. The molecule has 1 unspecified atom stereocenters. The van der Waals surface area contributed by atoms with Gasteiger partial charge in [0.25, 0.3) is 0 Å². The predicted octanol–water partition coefficient (Wildman–Crippen LogP) is 3.68. The van der Waals surface area contributed by atoms with Crippen LogP contribution in [0.4, 0.5) is 0 Å². The molecule has 1 atom stereocenters. The summed E-state index contributed by atoms with van der Waals surface area (Å²) in [5.41, 5.74) is 1.17. The number of hydrogen-bond donors (Lipinski definition) is 0. The standard InChI is InChI=1S/C10H8S3/c11-10(9-6-7-12-13-9)8-4-2-1-3-5-8/h1-7,9H. The Balaban J connectivity index is 2.18. The smallest absolute Gasteiger partial charge is 0.0700 e. The lowest BCUT2D eigenvalue weighted by Gasteiger charge is -2.07. The summed E-state index contributed by atoms with van der Waals surface area (Å²) >= 11 is 5.39. The normalized spacial score (nSPS) is 20.5. The van der Waals surface area contributed by atoms with Gasteiger partial charge in [-0.3, -0.25) is 0 Å². The molecular weight excluding hydrogens is 216 g/mol. The lowest BCUT2D eigenvalue weighted by atomic mass is 10.1. The summed E-state index contributed by atoms with van der Waals surface area (Å²) in [4.78, 5) is 1.03. The molecule has 0 radical (unpaired) electrons. The Morgan fingerprint density at radius 1 is 1.23 bits per heavy atom. The molecule has 2 rings (SSSR count). The zero-order valence-corrected chi connectivity index (χ0v) is 9.29. The first-order valence-corrected chi connectivity index (χ1v) is 6.64. The third-order valence-electron chi connectivity index (χ3n) is 1.78. The van der Waals surface area contributed by atoms with Crippen LogP contribution in [-0.4, -0.2) is 10.1 Å². The molecule has 0 spiro atoms. The highest BCUT2D eigenvalue weighted by atomic mass is 33.1. The van der Waals surface area contributed by atoms with Gasteiger partial charge >= 0.3 is 0 Å². The van der Waals surface area contributed by atoms with E-state index in [-0.39, 0.29) is 0 Å². The van der Waals surface area contributed by atoms with Gasteiger partial charge in [0.1, 0.15) is 0 Å². The number of rotatable bonds is 2. The molecular formula is C10H8S3. The molecule has 0 saturated heterocycles. The Morgan fingerprint density at radius 3 is 2.62 bits per heavy atom. The summed E-state index contributed by atoms with van der Waals surface area (Å²) in [7, 11) is 3.56. The van der Waals surface area contributed by atoms with Gasteiger partial charge in [-0.15, -0.1) is 0 Å². The van der Waals surface area contributed by atoms with Crippen LogP contribution in [0.5, 0.6) is 0 Å².